The van der Waals surface area contributed by atoms with E-state index >= 15 is 0 Å². The van der Waals surface area contributed by atoms with Gasteiger partial charge in [-0.25, -0.2) is 0 Å². The van der Waals surface area contributed by atoms with Crippen molar-refractivity contribution in [2.75, 3.05) is 6.26 Å². The topological polar surface area (TPSA) is 0 Å². The molecule has 3 saturated heterocycles. The molecular weight excluding hydrogens is 292 g/mol. The molecule has 0 aliphatic carbocycles. The summed E-state index contributed by atoms with van der Waals surface area (Å²) in [5, 5.41) is 0.774. The highest BCUT2D eigenvalue weighted by molar-refractivity contribution is 8.37. The highest BCUT2D eigenvalue weighted by Gasteiger charge is 2.69. The number of hydrogen-bond donors (Lipinski definition) is 0. The number of rotatable bonds is 1. The van der Waals surface area contributed by atoms with Gasteiger partial charge < -0.3 is 0 Å². The summed E-state index contributed by atoms with van der Waals surface area (Å²) in [6.45, 7) is 9.88. The van der Waals surface area contributed by atoms with Crippen LogP contribution in [0.5, 0.6) is 0 Å². The number of hydrogen-bond acceptors (Lipinski definition) is 5. The highest BCUT2D eigenvalue weighted by Crippen LogP contribution is 2.81. The molecule has 0 aromatic rings. The van der Waals surface area contributed by atoms with E-state index in [0.29, 0.717) is 16.3 Å². The van der Waals surface area contributed by atoms with Crippen molar-refractivity contribution in [2.24, 2.45) is 0 Å². The average molecular weight is 311 g/mol. The lowest BCUT2D eigenvalue weighted by molar-refractivity contribution is 0.672. The maximum absolute atomic E-state index is 2.48. The van der Waals surface area contributed by atoms with Crippen molar-refractivity contribution in [3.8, 4) is 0 Å². The second-order valence-corrected chi connectivity index (χ2v) is 15.2. The zero-order valence-corrected chi connectivity index (χ0v) is 14.4. The second-order valence-electron chi connectivity index (χ2n) is 5.48. The first-order valence-electron chi connectivity index (χ1n) is 5.56. The van der Waals surface area contributed by atoms with Crippen molar-refractivity contribution >= 4 is 58.8 Å². The minimum absolute atomic E-state index is 0.390. The standard InChI is InChI=1S/C11H18S5/c1-8-6-9(2)15-10(3,12-5)7(13-8)11(4,14-8)16-9/h7H,6H2,1-5H3. The van der Waals surface area contributed by atoms with Crippen molar-refractivity contribution in [1.29, 1.82) is 0 Å². The Hall–Kier alpha value is 1.75. The fourth-order valence-corrected chi connectivity index (χ4v) is 16.6. The molecule has 3 aliphatic rings. The monoisotopic (exact) mass is 310 g/mol. The van der Waals surface area contributed by atoms with Crippen LogP contribution in [0.2, 0.25) is 0 Å². The van der Waals surface area contributed by atoms with Crippen molar-refractivity contribution in [3.05, 3.63) is 0 Å². The lowest BCUT2D eigenvalue weighted by Gasteiger charge is -2.54. The van der Waals surface area contributed by atoms with Crippen LogP contribution in [0, 0.1) is 0 Å². The molecule has 3 fully saturated rings. The van der Waals surface area contributed by atoms with E-state index in [0.717, 1.165) is 5.25 Å². The van der Waals surface area contributed by atoms with Crippen LogP contribution in [-0.2, 0) is 0 Å². The fraction of sp³-hybridized carbons (Fsp3) is 1.00. The van der Waals surface area contributed by atoms with Gasteiger partial charge in [0.15, 0.2) is 0 Å². The Balaban J connectivity index is 2.11. The van der Waals surface area contributed by atoms with Crippen LogP contribution in [-0.4, -0.2) is 27.8 Å². The van der Waals surface area contributed by atoms with Gasteiger partial charge in [-0.1, -0.05) is 0 Å². The summed E-state index contributed by atoms with van der Waals surface area (Å²) in [4.78, 5) is 0. The largest absolute Gasteiger partial charge is 0.147 e. The third-order valence-corrected chi connectivity index (χ3v) is 13.0. The van der Waals surface area contributed by atoms with Crippen LogP contribution in [0.4, 0.5) is 0 Å². The van der Waals surface area contributed by atoms with Crippen molar-refractivity contribution in [2.45, 2.75) is 55.7 Å². The average Bonchev–Trinajstić information content (AvgIpc) is 2.25. The summed E-state index contributed by atoms with van der Waals surface area (Å²) in [5.74, 6) is 0. The van der Waals surface area contributed by atoms with Gasteiger partial charge >= 0.3 is 0 Å². The maximum Gasteiger partial charge on any atom is 0.0750 e. The maximum atomic E-state index is 2.48. The molecule has 3 rings (SSSR count). The lowest BCUT2D eigenvalue weighted by Crippen LogP contribution is -2.51. The Morgan fingerprint density at radius 1 is 1.00 bits per heavy atom. The van der Waals surface area contributed by atoms with E-state index < -0.39 is 0 Å². The smallest absolute Gasteiger partial charge is 0.0750 e. The Morgan fingerprint density at radius 2 is 1.62 bits per heavy atom. The summed E-state index contributed by atoms with van der Waals surface area (Å²) in [6.07, 6.45) is 3.63. The van der Waals surface area contributed by atoms with Crippen LogP contribution < -0.4 is 0 Å². The fourth-order valence-electron chi connectivity index (χ4n) is 3.33. The SMILES string of the molecule is CSC1(C)SC2(C)CC3(C)SC1C(C)(S3)S2. The first kappa shape index (κ1) is 12.8. The molecule has 0 aromatic heterocycles. The minimum atomic E-state index is 0.390. The summed E-state index contributed by atoms with van der Waals surface area (Å²) < 4.78 is 1.70. The third-order valence-electron chi connectivity index (χ3n) is 3.62. The molecule has 5 unspecified atom stereocenters. The molecule has 92 valence electrons. The first-order valence-corrected chi connectivity index (χ1v) is 10.1. The molecule has 5 atom stereocenters. The first-order chi connectivity index (χ1) is 7.23. The van der Waals surface area contributed by atoms with E-state index in [-0.39, 0.29) is 0 Å². The summed E-state index contributed by atoms with van der Waals surface area (Å²) >= 11 is 11.0. The molecule has 3 aliphatic heterocycles. The van der Waals surface area contributed by atoms with Gasteiger partial charge in [-0.15, -0.1) is 58.8 Å². The number of fused-ring (bicyclic) bond motifs is 2. The van der Waals surface area contributed by atoms with E-state index in [2.05, 4.69) is 92.8 Å². The molecule has 0 spiro atoms. The van der Waals surface area contributed by atoms with Crippen LogP contribution in [0.1, 0.15) is 34.1 Å². The molecule has 5 heteroatoms. The normalized spacial score (nSPS) is 63.9. The van der Waals surface area contributed by atoms with E-state index in [4.69, 9.17) is 0 Å². The molecule has 16 heavy (non-hydrogen) atoms. The van der Waals surface area contributed by atoms with Crippen LogP contribution in [0.15, 0.2) is 0 Å². The van der Waals surface area contributed by atoms with E-state index in [1.165, 1.54) is 6.42 Å². The summed E-state index contributed by atoms with van der Waals surface area (Å²) in [5.41, 5.74) is 0. The zero-order valence-electron chi connectivity index (χ0n) is 10.3. The van der Waals surface area contributed by atoms with Crippen LogP contribution in [0.3, 0.4) is 0 Å². The van der Waals surface area contributed by atoms with Crippen molar-refractivity contribution in [1.82, 2.24) is 0 Å². The number of thioether (sulfide) groups is 5. The summed E-state index contributed by atoms with van der Waals surface area (Å²) in [7, 11) is 0. The van der Waals surface area contributed by atoms with Gasteiger partial charge in [0.2, 0.25) is 0 Å². The zero-order chi connectivity index (χ0) is 11.8. The van der Waals surface area contributed by atoms with Crippen LogP contribution in [0.25, 0.3) is 0 Å². The van der Waals surface area contributed by atoms with Gasteiger partial charge in [-0.3, -0.25) is 0 Å². The molecule has 3 heterocycles. The molecular formula is C11H18S5. The predicted molar refractivity (Wildman–Crippen MR) is 85.9 cm³/mol. The van der Waals surface area contributed by atoms with Gasteiger partial charge in [0.05, 0.1) is 21.6 Å². The van der Waals surface area contributed by atoms with Gasteiger partial charge in [0.25, 0.3) is 0 Å². The molecule has 0 saturated carbocycles. The van der Waals surface area contributed by atoms with Gasteiger partial charge in [-0.05, 0) is 40.4 Å². The summed E-state index contributed by atoms with van der Waals surface area (Å²) in [6, 6.07) is 0. The van der Waals surface area contributed by atoms with E-state index in [1.807, 2.05) is 0 Å². The molecule has 0 N–H and O–H groups in total. The third kappa shape index (κ3) is 1.64. The van der Waals surface area contributed by atoms with E-state index in [9.17, 15) is 0 Å². The quantitative estimate of drug-likeness (QED) is 0.670. The second kappa shape index (κ2) is 3.44. The lowest BCUT2D eigenvalue weighted by atomic mass is 10.2. The minimum Gasteiger partial charge on any atom is -0.147 e. The van der Waals surface area contributed by atoms with Gasteiger partial charge in [-0.2, -0.15) is 0 Å². The van der Waals surface area contributed by atoms with E-state index in [1.54, 1.807) is 0 Å². The van der Waals surface area contributed by atoms with Gasteiger partial charge in [0.1, 0.15) is 0 Å². The Morgan fingerprint density at radius 3 is 2.25 bits per heavy atom. The molecule has 3 bridgehead atoms. The Labute approximate surface area is 120 Å². The highest BCUT2D eigenvalue weighted by atomic mass is 32.3. The van der Waals surface area contributed by atoms with Crippen LogP contribution >= 0.6 is 58.8 Å². The van der Waals surface area contributed by atoms with Crippen molar-refractivity contribution < 1.29 is 0 Å². The predicted octanol–water partition coefficient (Wildman–Crippen LogP) is 4.95. The van der Waals surface area contributed by atoms with Gasteiger partial charge in [0, 0.05) is 0 Å². The Bertz CT molecular complexity index is 339. The molecule has 0 aromatic carbocycles. The molecule has 0 radical (unpaired) electrons. The molecule has 0 nitrogen and oxygen atoms in total. The van der Waals surface area contributed by atoms with Crippen molar-refractivity contribution in [3.63, 3.8) is 0 Å². The molecule has 0 amide bonds. The Kier molecular flexibility index (Phi) is 2.75.